The largest absolute Gasteiger partial charge is 0.481 e. The van der Waals surface area contributed by atoms with Crippen molar-refractivity contribution in [1.82, 2.24) is 9.97 Å². The van der Waals surface area contributed by atoms with Gasteiger partial charge in [-0.1, -0.05) is 6.92 Å². The Morgan fingerprint density at radius 3 is 2.67 bits per heavy atom. The number of rotatable bonds is 5. The van der Waals surface area contributed by atoms with E-state index in [9.17, 15) is 0 Å². The summed E-state index contributed by atoms with van der Waals surface area (Å²) in [5.41, 5.74) is 5.59. The maximum Gasteiger partial charge on any atom is 0.225 e. The Morgan fingerprint density at radius 1 is 1.40 bits per heavy atom. The smallest absolute Gasteiger partial charge is 0.225 e. The van der Waals surface area contributed by atoms with E-state index in [1.165, 1.54) is 0 Å². The van der Waals surface area contributed by atoms with E-state index in [2.05, 4.69) is 28.7 Å². The number of anilines is 2. The highest BCUT2D eigenvalue weighted by atomic mass is 16.5. The van der Waals surface area contributed by atoms with Crippen LogP contribution in [-0.2, 0) is 0 Å². The monoisotopic (exact) mass is 210 g/mol. The van der Waals surface area contributed by atoms with Crippen molar-refractivity contribution in [3.8, 4) is 5.88 Å². The minimum Gasteiger partial charge on any atom is -0.481 e. The van der Waals surface area contributed by atoms with E-state index in [4.69, 9.17) is 10.5 Å². The molecule has 0 atom stereocenters. The van der Waals surface area contributed by atoms with Gasteiger partial charge in [-0.15, -0.1) is 0 Å². The molecule has 0 radical (unpaired) electrons. The van der Waals surface area contributed by atoms with Crippen LogP contribution in [0.2, 0.25) is 0 Å². The summed E-state index contributed by atoms with van der Waals surface area (Å²) in [6, 6.07) is 1.80. The number of aromatic nitrogens is 2. The molecular formula is C10H18N4O. The minimum absolute atomic E-state index is 0.249. The number of hydrogen-bond donors (Lipinski definition) is 1. The van der Waals surface area contributed by atoms with Crippen LogP contribution in [0.15, 0.2) is 6.07 Å². The average molecular weight is 210 g/mol. The van der Waals surface area contributed by atoms with Gasteiger partial charge in [-0.2, -0.15) is 9.97 Å². The Kier molecular flexibility index (Phi) is 4.15. The van der Waals surface area contributed by atoms with Crippen LogP contribution in [0, 0.1) is 0 Å². The van der Waals surface area contributed by atoms with Gasteiger partial charge in [0.05, 0.1) is 7.11 Å². The molecule has 0 aromatic carbocycles. The first kappa shape index (κ1) is 11.6. The molecule has 0 aliphatic heterocycles. The molecule has 0 saturated heterocycles. The van der Waals surface area contributed by atoms with Crippen LogP contribution in [0.25, 0.3) is 0 Å². The third-order valence-corrected chi connectivity index (χ3v) is 2.11. The second kappa shape index (κ2) is 5.38. The van der Waals surface area contributed by atoms with E-state index in [0.717, 1.165) is 25.3 Å². The van der Waals surface area contributed by atoms with E-state index >= 15 is 0 Å². The molecule has 1 aromatic heterocycles. The van der Waals surface area contributed by atoms with Crippen molar-refractivity contribution < 1.29 is 4.74 Å². The number of hydrogen-bond acceptors (Lipinski definition) is 5. The molecule has 0 spiro atoms. The van der Waals surface area contributed by atoms with E-state index in [0.29, 0.717) is 5.88 Å². The van der Waals surface area contributed by atoms with Crippen molar-refractivity contribution in [1.29, 1.82) is 0 Å². The van der Waals surface area contributed by atoms with Gasteiger partial charge in [-0.25, -0.2) is 0 Å². The molecule has 5 heteroatoms. The summed E-state index contributed by atoms with van der Waals surface area (Å²) in [5, 5.41) is 0. The topological polar surface area (TPSA) is 64.3 Å². The zero-order valence-corrected chi connectivity index (χ0v) is 9.53. The Morgan fingerprint density at radius 2 is 2.13 bits per heavy atom. The zero-order chi connectivity index (χ0) is 11.3. The van der Waals surface area contributed by atoms with Crippen molar-refractivity contribution in [3.63, 3.8) is 0 Å². The number of nitrogens with two attached hydrogens (primary N) is 1. The lowest BCUT2D eigenvalue weighted by Crippen LogP contribution is -2.24. The van der Waals surface area contributed by atoms with Crippen LogP contribution >= 0.6 is 0 Å². The fourth-order valence-electron chi connectivity index (χ4n) is 1.40. The molecule has 0 aliphatic rings. The zero-order valence-electron chi connectivity index (χ0n) is 9.53. The Balaban J connectivity index is 2.95. The molecule has 1 rings (SSSR count). The molecule has 15 heavy (non-hydrogen) atoms. The first-order valence-corrected chi connectivity index (χ1v) is 5.14. The number of nitrogen functional groups attached to an aromatic ring is 1. The Bertz CT molecular complexity index is 316. The second-order valence-electron chi connectivity index (χ2n) is 3.21. The summed E-state index contributed by atoms with van der Waals surface area (Å²) in [4.78, 5) is 10.3. The van der Waals surface area contributed by atoms with Gasteiger partial charge in [0.25, 0.3) is 0 Å². The molecule has 2 N–H and O–H groups in total. The molecule has 0 saturated carbocycles. The molecule has 84 valence electrons. The van der Waals surface area contributed by atoms with Crippen LogP contribution in [0.4, 0.5) is 11.8 Å². The number of methoxy groups -OCH3 is 1. The third kappa shape index (κ3) is 2.97. The highest BCUT2D eigenvalue weighted by Crippen LogP contribution is 2.18. The predicted molar refractivity (Wildman–Crippen MR) is 61.2 cm³/mol. The normalized spacial score (nSPS) is 10.1. The van der Waals surface area contributed by atoms with Crippen molar-refractivity contribution >= 4 is 11.8 Å². The van der Waals surface area contributed by atoms with Crippen molar-refractivity contribution in [2.45, 2.75) is 20.3 Å². The van der Waals surface area contributed by atoms with Crippen LogP contribution in [0.1, 0.15) is 20.3 Å². The summed E-state index contributed by atoms with van der Waals surface area (Å²) in [5.74, 6) is 1.58. The fraction of sp³-hybridized carbons (Fsp3) is 0.600. The SMILES string of the molecule is CCCN(CC)c1cc(OC)nc(N)n1. The van der Waals surface area contributed by atoms with Gasteiger partial charge < -0.3 is 15.4 Å². The first-order valence-electron chi connectivity index (χ1n) is 5.14. The molecule has 0 aliphatic carbocycles. The second-order valence-corrected chi connectivity index (χ2v) is 3.21. The molecule has 0 fully saturated rings. The highest BCUT2D eigenvalue weighted by Gasteiger charge is 2.08. The molecule has 1 aromatic rings. The fourth-order valence-corrected chi connectivity index (χ4v) is 1.40. The minimum atomic E-state index is 0.249. The predicted octanol–water partition coefficient (Wildman–Crippen LogP) is 1.30. The molecule has 0 unspecified atom stereocenters. The van der Waals surface area contributed by atoms with Gasteiger partial charge in [0.1, 0.15) is 5.82 Å². The maximum atomic E-state index is 5.59. The average Bonchev–Trinajstić information content (AvgIpc) is 2.24. The van der Waals surface area contributed by atoms with Crippen molar-refractivity contribution in [2.24, 2.45) is 0 Å². The lowest BCUT2D eigenvalue weighted by Gasteiger charge is -2.21. The molecule has 0 amide bonds. The van der Waals surface area contributed by atoms with Crippen molar-refractivity contribution in [3.05, 3.63) is 6.07 Å². The lowest BCUT2D eigenvalue weighted by molar-refractivity contribution is 0.397. The first-order chi connectivity index (χ1) is 7.21. The molecule has 5 nitrogen and oxygen atoms in total. The number of nitrogens with zero attached hydrogens (tertiary/aromatic N) is 3. The Hall–Kier alpha value is -1.52. The van der Waals surface area contributed by atoms with Gasteiger partial charge in [-0.3, -0.25) is 0 Å². The summed E-state index contributed by atoms with van der Waals surface area (Å²) < 4.78 is 5.05. The van der Waals surface area contributed by atoms with E-state index in [-0.39, 0.29) is 5.95 Å². The molecular weight excluding hydrogens is 192 g/mol. The van der Waals surface area contributed by atoms with Crippen LogP contribution in [-0.4, -0.2) is 30.2 Å². The van der Waals surface area contributed by atoms with Crippen LogP contribution in [0.3, 0.4) is 0 Å². The van der Waals surface area contributed by atoms with E-state index in [1.54, 1.807) is 13.2 Å². The summed E-state index contributed by atoms with van der Waals surface area (Å²) in [6.07, 6.45) is 1.07. The number of ether oxygens (including phenoxy) is 1. The maximum absolute atomic E-state index is 5.59. The quantitative estimate of drug-likeness (QED) is 0.793. The van der Waals surface area contributed by atoms with Crippen LogP contribution < -0.4 is 15.4 Å². The van der Waals surface area contributed by atoms with Gasteiger partial charge in [0.2, 0.25) is 11.8 Å². The van der Waals surface area contributed by atoms with E-state index in [1.807, 2.05) is 0 Å². The van der Waals surface area contributed by atoms with Gasteiger partial charge in [-0.05, 0) is 13.3 Å². The summed E-state index contributed by atoms with van der Waals surface area (Å²) in [7, 11) is 1.57. The third-order valence-electron chi connectivity index (χ3n) is 2.11. The van der Waals surface area contributed by atoms with Gasteiger partial charge in [0.15, 0.2) is 0 Å². The van der Waals surface area contributed by atoms with Crippen LogP contribution in [0.5, 0.6) is 5.88 Å². The van der Waals surface area contributed by atoms with Crippen molar-refractivity contribution in [2.75, 3.05) is 30.8 Å². The molecule has 0 bridgehead atoms. The summed E-state index contributed by atoms with van der Waals surface area (Å²) in [6.45, 7) is 6.06. The summed E-state index contributed by atoms with van der Waals surface area (Å²) >= 11 is 0. The van der Waals surface area contributed by atoms with Gasteiger partial charge >= 0.3 is 0 Å². The van der Waals surface area contributed by atoms with E-state index < -0.39 is 0 Å². The van der Waals surface area contributed by atoms with Gasteiger partial charge in [0, 0.05) is 19.2 Å². The molecule has 1 heterocycles. The lowest BCUT2D eigenvalue weighted by atomic mass is 10.4. The highest BCUT2D eigenvalue weighted by molar-refractivity contribution is 5.45. The standard InChI is InChI=1S/C10H18N4O/c1-4-6-14(5-2)8-7-9(15-3)13-10(11)12-8/h7H,4-6H2,1-3H3,(H2,11,12,13). The Labute approximate surface area is 90.3 Å².